The second-order valence-electron chi connectivity index (χ2n) is 5.23. The number of nitrogens with one attached hydrogen (secondary N) is 1. The van der Waals surface area contributed by atoms with E-state index in [0.717, 1.165) is 12.5 Å². The second kappa shape index (κ2) is 7.25. The fraction of sp³-hybridized carbons (Fsp3) is 1.00. The van der Waals surface area contributed by atoms with E-state index < -0.39 is 0 Å². The van der Waals surface area contributed by atoms with Gasteiger partial charge in [-0.25, -0.2) is 0 Å². The summed E-state index contributed by atoms with van der Waals surface area (Å²) in [7, 11) is 1.77. The summed E-state index contributed by atoms with van der Waals surface area (Å²) in [4.78, 5) is 2.57. The van der Waals surface area contributed by atoms with Gasteiger partial charge in [-0.3, -0.25) is 0 Å². The third-order valence-electron chi connectivity index (χ3n) is 3.71. The number of rotatable bonds is 6. The van der Waals surface area contributed by atoms with Gasteiger partial charge in [0.2, 0.25) is 0 Å². The molecule has 1 rings (SSSR count). The molecule has 0 aliphatic carbocycles. The lowest BCUT2D eigenvalue weighted by Gasteiger charge is -2.31. The van der Waals surface area contributed by atoms with E-state index in [9.17, 15) is 0 Å². The van der Waals surface area contributed by atoms with E-state index in [2.05, 4.69) is 31.0 Å². The van der Waals surface area contributed by atoms with Crippen LogP contribution in [0.25, 0.3) is 0 Å². The second-order valence-corrected chi connectivity index (χ2v) is 5.23. The molecule has 0 amide bonds. The van der Waals surface area contributed by atoms with E-state index in [0.29, 0.717) is 12.1 Å². The Morgan fingerprint density at radius 1 is 1.44 bits per heavy atom. The average Bonchev–Trinajstić information content (AvgIpc) is 2.28. The van der Waals surface area contributed by atoms with Gasteiger partial charge in [0.05, 0.1) is 6.10 Å². The van der Waals surface area contributed by atoms with Crippen molar-refractivity contribution in [2.75, 3.05) is 33.3 Å². The maximum absolute atomic E-state index is 5.30. The molecule has 1 N–H and O–H groups in total. The predicted octanol–water partition coefficient (Wildman–Crippen LogP) is 1.73. The molecule has 0 saturated carbocycles. The molecule has 96 valence electrons. The highest BCUT2D eigenvalue weighted by atomic mass is 16.5. The summed E-state index contributed by atoms with van der Waals surface area (Å²) in [6.07, 6.45) is 3.06. The Hall–Kier alpha value is -0.120. The van der Waals surface area contributed by atoms with Crippen molar-refractivity contribution in [1.29, 1.82) is 0 Å². The molecule has 1 fully saturated rings. The van der Waals surface area contributed by atoms with E-state index in [1.54, 1.807) is 7.11 Å². The third-order valence-corrected chi connectivity index (χ3v) is 3.71. The number of nitrogens with zero attached hydrogens (tertiary/aromatic N) is 1. The Morgan fingerprint density at radius 3 is 2.81 bits per heavy atom. The standard InChI is InChI=1S/C13H28N2O/c1-11-6-5-8-15(10-11)9-7-14-12(2)13(3)16-4/h11-14H,5-10H2,1-4H3. The molecule has 3 nitrogen and oxygen atoms in total. The lowest BCUT2D eigenvalue weighted by molar-refractivity contribution is 0.0865. The molecule has 1 aliphatic rings. The van der Waals surface area contributed by atoms with Gasteiger partial charge in [0.25, 0.3) is 0 Å². The zero-order chi connectivity index (χ0) is 12.0. The smallest absolute Gasteiger partial charge is 0.0693 e. The fourth-order valence-corrected chi connectivity index (χ4v) is 2.31. The van der Waals surface area contributed by atoms with Crippen LogP contribution in [0.3, 0.4) is 0 Å². The first kappa shape index (κ1) is 13.9. The van der Waals surface area contributed by atoms with Gasteiger partial charge in [-0.15, -0.1) is 0 Å². The van der Waals surface area contributed by atoms with Gasteiger partial charge < -0.3 is 15.0 Å². The molecule has 0 aromatic rings. The SMILES string of the molecule is COC(C)C(C)NCCN1CCCC(C)C1. The number of likely N-dealkylation sites (tertiary alicyclic amines) is 1. The van der Waals surface area contributed by atoms with Crippen LogP contribution in [0.1, 0.15) is 33.6 Å². The number of hydrogen-bond donors (Lipinski definition) is 1. The van der Waals surface area contributed by atoms with Crippen LogP contribution in [-0.4, -0.2) is 50.3 Å². The van der Waals surface area contributed by atoms with Crippen molar-refractivity contribution in [1.82, 2.24) is 10.2 Å². The number of hydrogen-bond acceptors (Lipinski definition) is 3. The molecule has 1 heterocycles. The lowest BCUT2D eigenvalue weighted by atomic mass is 10.0. The number of ether oxygens (including phenoxy) is 1. The normalized spacial score (nSPS) is 26.6. The number of piperidine rings is 1. The van der Waals surface area contributed by atoms with Gasteiger partial charge >= 0.3 is 0 Å². The Balaban J connectivity index is 2.10. The number of methoxy groups -OCH3 is 1. The molecule has 0 bridgehead atoms. The van der Waals surface area contributed by atoms with Gasteiger partial charge in [-0.2, -0.15) is 0 Å². The Kier molecular flexibility index (Phi) is 6.32. The molecule has 0 radical (unpaired) electrons. The van der Waals surface area contributed by atoms with E-state index in [1.165, 1.54) is 32.5 Å². The molecule has 3 atom stereocenters. The van der Waals surface area contributed by atoms with Gasteiger partial charge in [0.1, 0.15) is 0 Å². The maximum Gasteiger partial charge on any atom is 0.0693 e. The van der Waals surface area contributed by atoms with E-state index >= 15 is 0 Å². The van der Waals surface area contributed by atoms with Crippen LogP contribution in [0, 0.1) is 5.92 Å². The van der Waals surface area contributed by atoms with Crippen LogP contribution in [-0.2, 0) is 4.74 Å². The maximum atomic E-state index is 5.30. The van der Waals surface area contributed by atoms with Crippen molar-refractivity contribution < 1.29 is 4.74 Å². The lowest BCUT2D eigenvalue weighted by Crippen LogP contribution is -2.43. The molecule has 0 aromatic carbocycles. The van der Waals surface area contributed by atoms with Crippen molar-refractivity contribution in [3.63, 3.8) is 0 Å². The molecule has 0 aromatic heterocycles. The van der Waals surface area contributed by atoms with Crippen LogP contribution in [0.15, 0.2) is 0 Å². The van der Waals surface area contributed by atoms with Gasteiger partial charge in [0.15, 0.2) is 0 Å². The first-order chi connectivity index (χ1) is 7.63. The summed E-state index contributed by atoms with van der Waals surface area (Å²) in [5.74, 6) is 0.879. The van der Waals surface area contributed by atoms with Crippen LogP contribution >= 0.6 is 0 Å². The predicted molar refractivity (Wildman–Crippen MR) is 68.8 cm³/mol. The molecule has 1 saturated heterocycles. The highest BCUT2D eigenvalue weighted by Gasteiger charge is 2.16. The fourth-order valence-electron chi connectivity index (χ4n) is 2.31. The third kappa shape index (κ3) is 4.81. The van der Waals surface area contributed by atoms with Crippen molar-refractivity contribution in [2.24, 2.45) is 5.92 Å². The van der Waals surface area contributed by atoms with Crippen LogP contribution < -0.4 is 5.32 Å². The monoisotopic (exact) mass is 228 g/mol. The van der Waals surface area contributed by atoms with Crippen molar-refractivity contribution in [3.05, 3.63) is 0 Å². The Bertz CT molecular complexity index is 187. The largest absolute Gasteiger partial charge is 0.380 e. The highest BCUT2D eigenvalue weighted by molar-refractivity contribution is 4.73. The zero-order valence-corrected chi connectivity index (χ0v) is 11.3. The van der Waals surface area contributed by atoms with Crippen molar-refractivity contribution in [2.45, 2.75) is 45.8 Å². The topological polar surface area (TPSA) is 24.5 Å². The quantitative estimate of drug-likeness (QED) is 0.749. The molecular weight excluding hydrogens is 200 g/mol. The van der Waals surface area contributed by atoms with E-state index in [-0.39, 0.29) is 0 Å². The van der Waals surface area contributed by atoms with E-state index in [1.807, 2.05) is 0 Å². The minimum Gasteiger partial charge on any atom is -0.380 e. The van der Waals surface area contributed by atoms with Crippen molar-refractivity contribution in [3.8, 4) is 0 Å². The van der Waals surface area contributed by atoms with Crippen LogP contribution in [0.4, 0.5) is 0 Å². The first-order valence-corrected chi connectivity index (χ1v) is 6.62. The first-order valence-electron chi connectivity index (χ1n) is 6.62. The van der Waals surface area contributed by atoms with Gasteiger partial charge in [-0.1, -0.05) is 6.92 Å². The van der Waals surface area contributed by atoms with Gasteiger partial charge in [-0.05, 0) is 39.2 Å². The highest BCUT2D eigenvalue weighted by Crippen LogP contribution is 2.14. The van der Waals surface area contributed by atoms with E-state index in [4.69, 9.17) is 4.74 Å². The molecule has 16 heavy (non-hydrogen) atoms. The molecule has 3 heteroatoms. The molecular formula is C13H28N2O. The van der Waals surface area contributed by atoms with Crippen LogP contribution in [0.2, 0.25) is 0 Å². The summed E-state index contributed by atoms with van der Waals surface area (Å²) < 4.78 is 5.30. The molecule has 0 spiro atoms. The summed E-state index contributed by atoms with van der Waals surface area (Å²) in [5.41, 5.74) is 0. The Labute approximate surface area is 101 Å². The average molecular weight is 228 g/mol. The molecule has 3 unspecified atom stereocenters. The van der Waals surface area contributed by atoms with Crippen LogP contribution in [0.5, 0.6) is 0 Å². The van der Waals surface area contributed by atoms with Gasteiger partial charge in [0, 0.05) is 32.8 Å². The summed E-state index contributed by atoms with van der Waals surface area (Å²) in [6.45, 7) is 11.5. The zero-order valence-electron chi connectivity index (χ0n) is 11.3. The molecule has 1 aliphatic heterocycles. The summed E-state index contributed by atoms with van der Waals surface area (Å²) in [6, 6.07) is 0.437. The minimum absolute atomic E-state index is 0.292. The summed E-state index contributed by atoms with van der Waals surface area (Å²) >= 11 is 0. The summed E-state index contributed by atoms with van der Waals surface area (Å²) in [5, 5.41) is 3.53. The van der Waals surface area contributed by atoms with Crippen molar-refractivity contribution >= 4 is 0 Å². The Morgan fingerprint density at radius 2 is 2.19 bits per heavy atom. The minimum atomic E-state index is 0.292.